The van der Waals surface area contributed by atoms with E-state index in [1.807, 2.05) is 30.3 Å². The van der Waals surface area contributed by atoms with E-state index in [0.29, 0.717) is 18.3 Å². The number of rotatable bonds is 11. The molecule has 0 spiro atoms. The number of fused-ring (bicyclic) bond motifs is 7. The van der Waals surface area contributed by atoms with Gasteiger partial charge < -0.3 is 24.4 Å². The van der Waals surface area contributed by atoms with Crippen LogP contribution in [0.3, 0.4) is 0 Å². The quantitative estimate of drug-likeness (QED) is 0.127. The fraction of sp³-hybridized carbons (Fsp3) is 0.711. The summed E-state index contributed by atoms with van der Waals surface area (Å²) in [6, 6.07) is 9.88. The minimum absolute atomic E-state index is 0.0712. The molecule has 10 nitrogen and oxygen atoms in total. The van der Waals surface area contributed by atoms with Crippen molar-refractivity contribution in [3.05, 3.63) is 47.5 Å². The van der Waals surface area contributed by atoms with Crippen LogP contribution in [0, 0.1) is 56.7 Å². The summed E-state index contributed by atoms with van der Waals surface area (Å²) in [4.78, 5) is 63.3. The van der Waals surface area contributed by atoms with Crippen molar-refractivity contribution in [2.75, 3.05) is 0 Å². The number of carbonyl (C=O) groups is 5. The topological polar surface area (TPSA) is 154 Å². The molecule has 55 heavy (non-hydrogen) atoms. The monoisotopic (exact) mass is 762 g/mol. The Morgan fingerprint density at radius 2 is 1.40 bits per heavy atom. The Labute approximate surface area is 326 Å². The van der Waals surface area contributed by atoms with Crippen LogP contribution in [0.5, 0.6) is 0 Å². The van der Waals surface area contributed by atoms with Crippen LogP contribution in [0.25, 0.3) is 0 Å². The lowest BCUT2D eigenvalue weighted by Crippen LogP contribution is -2.68. The molecule has 1 aromatic rings. The summed E-state index contributed by atoms with van der Waals surface area (Å²) in [5.41, 5.74) is 0.481. The highest BCUT2D eigenvalue weighted by Crippen LogP contribution is 2.76. The van der Waals surface area contributed by atoms with Crippen molar-refractivity contribution in [2.45, 2.75) is 144 Å². The lowest BCUT2D eigenvalue weighted by Gasteiger charge is -2.71. The Bertz CT molecular complexity index is 1700. The molecular formula is C45H62O10. The number of benzene rings is 1. The molecular weight excluding hydrogens is 700 g/mol. The van der Waals surface area contributed by atoms with Crippen LogP contribution in [-0.2, 0) is 44.8 Å². The van der Waals surface area contributed by atoms with Crippen LogP contribution in [0.4, 0.5) is 0 Å². The summed E-state index contributed by atoms with van der Waals surface area (Å²) >= 11 is 0. The number of hydrogen-bond acceptors (Lipinski definition) is 8. The number of carboxylic acid groups (broad SMARTS) is 2. The first-order chi connectivity index (χ1) is 25.8. The summed E-state index contributed by atoms with van der Waals surface area (Å²) in [6.07, 6.45) is 5.97. The molecule has 0 aliphatic heterocycles. The molecule has 11 atom stereocenters. The lowest BCUT2D eigenvalue weighted by molar-refractivity contribution is -0.245. The van der Waals surface area contributed by atoms with Gasteiger partial charge in [0, 0.05) is 5.41 Å². The van der Waals surface area contributed by atoms with Gasteiger partial charge in [0.25, 0.3) is 0 Å². The van der Waals surface area contributed by atoms with E-state index in [1.54, 1.807) is 0 Å². The van der Waals surface area contributed by atoms with Gasteiger partial charge in [-0.3, -0.25) is 24.0 Å². The van der Waals surface area contributed by atoms with E-state index in [2.05, 4.69) is 54.5 Å². The van der Waals surface area contributed by atoms with Gasteiger partial charge in [-0.05, 0) is 103 Å². The van der Waals surface area contributed by atoms with Crippen LogP contribution in [0.1, 0.15) is 131 Å². The van der Waals surface area contributed by atoms with Gasteiger partial charge >= 0.3 is 29.8 Å². The Balaban J connectivity index is 1.35. The Morgan fingerprint density at radius 3 is 2.04 bits per heavy atom. The van der Waals surface area contributed by atoms with E-state index in [9.17, 15) is 34.2 Å². The molecule has 5 aliphatic carbocycles. The number of carbonyl (C=O) groups excluding carboxylic acids is 3. The van der Waals surface area contributed by atoms with Gasteiger partial charge in [-0.1, -0.05) is 90.4 Å². The number of esters is 3. The van der Waals surface area contributed by atoms with Crippen molar-refractivity contribution < 1.29 is 48.4 Å². The summed E-state index contributed by atoms with van der Waals surface area (Å²) in [7, 11) is 0. The van der Waals surface area contributed by atoms with Crippen molar-refractivity contribution in [3.8, 4) is 0 Å². The van der Waals surface area contributed by atoms with Gasteiger partial charge in [-0.25, -0.2) is 0 Å². The molecule has 0 aromatic heterocycles. The molecule has 2 N–H and O–H groups in total. The fourth-order valence-corrected chi connectivity index (χ4v) is 13.0. The number of carboxylic acids is 2. The van der Waals surface area contributed by atoms with Gasteiger partial charge in [0.1, 0.15) is 18.8 Å². The van der Waals surface area contributed by atoms with Crippen LogP contribution < -0.4 is 0 Å². The standard InChI is InChI=1S/C45H62O10/c1-27-19-22-45(40(52)53-26-29-11-9-8-10-12-29)24-23-43(6)30(38(45)28(27)2)13-14-33-42(5)25-31(54-36(50)17-15-34(46)47)39(55-37(51)18-16-35(48)49)41(3,4)32(42)20-21-44(33,43)7/h8-13,27-28,31-33,38-39H,14-26H2,1-7H3,(H,46,47)(H,48,49)/t27-,28+,31-,32+,33-,38+,39+,42+,43-,44-,45+/m1/s1. The molecule has 4 saturated carbocycles. The average Bonchev–Trinajstić information content (AvgIpc) is 3.12. The zero-order valence-corrected chi connectivity index (χ0v) is 33.9. The first kappa shape index (κ1) is 41.0. The first-order valence-corrected chi connectivity index (χ1v) is 20.5. The molecule has 0 saturated heterocycles. The van der Waals surface area contributed by atoms with E-state index < -0.39 is 46.9 Å². The smallest absolute Gasteiger partial charge is 0.313 e. The SMILES string of the molecule is C[C@H]1[C@H](C)CC[C@]2(C(=O)OCc3ccccc3)CC[C@]3(C)C(=CC[C@@H]4[C@@]5(C)C[C@@H](OC(=O)CCC(=O)O)[C@H](OC(=O)CCC(=O)O)C(C)(C)[C@@H]5CC[C@]43C)[C@H]12. The van der Waals surface area contributed by atoms with Crippen molar-refractivity contribution in [2.24, 2.45) is 56.7 Å². The molecule has 302 valence electrons. The number of allylic oxidation sites excluding steroid dienone is 2. The predicted molar refractivity (Wildman–Crippen MR) is 204 cm³/mol. The highest BCUT2D eigenvalue weighted by atomic mass is 16.6. The van der Waals surface area contributed by atoms with E-state index in [0.717, 1.165) is 50.5 Å². The van der Waals surface area contributed by atoms with E-state index in [-0.39, 0.29) is 72.3 Å². The van der Waals surface area contributed by atoms with Crippen LogP contribution in [-0.4, -0.2) is 52.3 Å². The van der Waals surface area contributed by atoms with E-state index in [4.69, 9.17) is 14.2 Å². The number of ether oxygens (including phenoxy) is 3. The molecule has 0 amide bonds. The van der Waals surface area contributed by atoms with E-state index in [1.165, 1.54) is 5.57 Å². The maximum absolute atomic E-state index is 14.4. The highest BCUT2D eigenvalue weighted by Gasteiger charge is 2.71. The normalized spacial score (nSPS) is 38.7. The fourth-order valence-electron chi connectivity index (χ4n) is 13.0. The number of aliphatic carboxylic acids is 2. The van der Waals surface area contributed by atoms with Gasteiger partial charge in [-0.2, -0.15) is 0 Å². The third-order valence-electron chi connectivity index (χ3n) is 16.1. The highest BCUT2D eigenvalue weighted by molar-refractivity contribution is 5.79. The van der Waals surface area contributed by atoms with Crippen molar-refractivity contribution >= 4 is 29.8 Å². The molecule has 5 aliphatic rings. The van der Waals surface area contributed by atoms with Gasteiger partial charge in [-0.15, -0.1) is 0 Å². The maximum Gasteiger partial charge on any atom is 0.313 e. The molecule has 10 heteroatoms. The predicted octanol–water partition coefficient (Wildman–Crippen LogP) is 8.55. The molecule has 0 heterocycles. The zero-order chi connectivity index (χ0) is 40.1. The van der Waals surface area contributed by atoms with Gasteiger partial charge in [0.15, 0.2) is 0 Å². The Morgan fingerprint density at radius 1 is 0.764 bits per heavy atom. The van der Waals surface area contributed by atoms with Crippen LogP contribution in [0.15, 0.2) is 42.0 Å². The van der Waals surface area contributed by atoms with Gasteiger partial charge in [0.05, 0.1) is 31.1 Å². The maximum atomic E-state index is 14.4. The summed E-state index contributed by atoms with van der Waals surface area (Å²) in [5.74, 6) is -2.48. The van der Waals surface area contributed by atoms with Gasteiger partial charge in [0.2, 0.25) is 0 Å². The molecule has 6 rings (SSSR count). The summed E-state index contributed by atoms with van der Waals surface area (Å²) < 4.78 is 18.4. The summed E-state index contributed by atoms with van der Waals surface area (Å²) in [5, 5.41) is 18.5. The van der Waals surface area contributed by atoms with Crippen LogP contribution >= 0.6 is 0 Å². The average molecular weight is 763 g/mol. The van der Waals surface area contributed by atoms with Crippen LogP contribution in [0.2, 0.25) is 0 Å². The molecule has 1 aromatic carbocycles. The van der Waals surface area contributed by atoms with Crippen molar-refractivity contribution in [3.63, 3.8) is 0 Å². The second-order valence-corrected chi connectivity index (χ2v) is 19.1. The third kappa shape index (κ3) is 7.02. The second kappa shape index (κ2) is 15.0. The summed E-state index contributed by atoms with van der Waals surface area (Å²) in [6.45, 7) is 16.2. The third-order valence-corrected chi connectivity index (χ3v) is 16.1. The second-order valence-electron chi connectivity index (χ2n) is 19.1. The Hall–Kier alpha value is -3.69. The minimum atomic E-state index is -1.10. The number of hydrogen-bond donors (Lipinski definition) is 2. The molecule has 0 unspecified atom stereocenters. The molecule has 4 fully saturated rings. The largest absolute Gasteiger partial charge is 0.481 e. The zero-order valence-electron chi connectivity index (χ0n) is 33.9. The molecule has 0 bridgehead atoms. The van der Waals surface area contributed by atoms with E-state index >= 15 is 0 Å². The first-order valence-electron chi connectivity index (χ1n) is 20.5. The molecule has 0 radical (unpaired) electrons. The lowest BCUT2D eigenvalue weighted by atomic mass is 9.33. The van der Waals surface area contributed by atoms with Crippen molar-refractivity contribution in [1.29, 1.82) is 0 Å². The Kier molecular flexibility index (Phi) is 11.2. The minimum Gasteiger partial charge on any atom is -0.481 e. The van der Waals surface area contributed by atoms with Crippen molar-refractivity contribution in [1.82, 2.24) is 0 Å².